The van der Waals surface area contributed by atoms with Crippen molar-refractivity contribution in [2.45, 2.75) is 39.5 Å². The summed E-state index contributed by atoms with van der Waals surface area (Å²) in [5, 5.41) is 13.7. The first-order chi connectivity index (χ1) is 16.0. The average Bonchev–Trinajstić information content (AvgIpc) is 3.24. The number of anilines is 3. The van der Waals surface area contributed by atoms with Crippen LogP contribution in [-0.2, 0) is 7.05 Å². The van der Waals surface area contributed by atoms with Gasteiger partial charge in [0.25, 0.3) is 0 Å². The predicted octanol–water partition coefficient (Wildman–Crippen LogP) is 4.32. The standard InChI is InChI=1S/C24H29N9/c1-15(2)18-11-27-23(20-14-32(4)31-30-20)19-12-26-22(10-17(18)19)28-21-7-8-25-24(29-21)33-9-5-6-16(3)13-33/h7-8,10-12,14-16H,5-6,9,13H2,1-4H3,(H,25,26,28,29). The number of nitrogens with one attached hydrogen (secondary N) is 1. The molecule has 1 unspecified atom stereocenters. The third-order valence-electron chi connectivity index (χ3n) is 6.11. The number of fused-ring (bicyclic) bond motifs is 1. The number of piperidine rings is 1. The lowest BCUT2D eigenvalue weighted by atomic mass is 9.97. The van der Waals surface area contributed by atoms with E-state index in [0.717, 1.165) is 58.4 Å². The number of aromatic nitrogens is 7. The van der Waals surface area contributed by atoms with E-state index in [2.05, 4.69) is 57.3 Å². The van der Waals surface area contributed by atoms with Crippen LogP contribution in [0.2, 0.25) is 0 Å². The second-order valence-electron chi connectivity index (χ2n) is 9.17. The first-order valence-corrected chi connectivity index (χ1v) is 11.5. The first-order valence-electron chi connectivity index (χ1n) is 11.5. The first kappa shape index (κ1) is 21.2. The fourth-order valence-corrected chi connectivity index (χ4v) is 4.42. The van der Waals surface area contributed by atoms with Gasteiger partial charge in [-0.3, -0.25) is 9.67 Å². The Hall–Kier alpha value is -3.62. The predicted molar refractivity (Wildman–Crippen MR) is 130 cm³/mol. The normalized spacial score (nSPS) is 16.5. The van der Waals surface area contributed by atoms with Gasteiger partial charge in [-0.1, -0.05) is 26.0 Å². The van der Waals surface area contributed by atoms with Gasteiger partial charge in [0, 0.05) is 44.1 Å². The van der Waals surface area contributed by atoms with Crippen molar-refractivity contribution in [2.24, 2.45) is 13.0 Å². The fraction of sp³-hybridized carbons (Fsp3) is 0.417. The number of nitrogens with zero attached hydrogens (tertiary/aromatic N) is 8. The van der Waals surface area contributed by atoms with Crippen molar-refractivity contribution in [3.8, 4) is 11.4 Å². The Bertz CT molecular complexity index is 1280. The zero-order valence-electron chi connectivity index (χ0n) is 19.5. The van der Waals surface area contributed by atoms with Crippen molar-refractivity contribution in [1.29, 1.82) is 0 Å². The lowest BCUT2D eigenvalue weighted by molar-refractivity contribution is 0.442. The summed E-state index contributed by atoms with van der Waals surface area (Å²) in [6.45, 7) is 8.61. The van der Waals surface area contributed by atoms with Gasteiger partial charge >= 0.3 is 0 Å². The van der Waals surface area contributed by atoms with E-state index in [9.17, 15) is 0 Å². The van der Waals surface area contributed by atoms with Gasteiger partial charge in [-0.25, -0.2) is 9.97 Å². The quantitative estimate of drug-likeness (QED) is 0.487. The molecule has 0 bridgehead atoms. The van der Waals surface area contributed by atoms with Gasteiger partial charge < -0.3 is 10.2 Å². The number of hydrogen-bond donors (Lipinski definition) is 1. The summed E-state index contributed by atoms with van der Waals surface area (Å²) in [5.41, 5.74) is 2.68. The molecule has 1 aliphatic rings. The van der Waals surface area contributed by atoms with Crippen LogP contribution in [0.5, 0.6) is 0 Å². The van der Waals surface area contributed by atoms with Crippen LogP contribution in [0.1, 0.15) is 45.1 Å². The van der Waals surface area contributed by atoms with Crippen LogP contribution < -0.4 is 10.2 Å². The monoisotopic (exact) mass is 443 g/mol. The highest BCUT2D eigenvalue weighted by Crippen LogP contribution is 2.32. The molecule has 33 heavy (non-hydrogen) atoms. The minimum atomic E-state index is 0.318. The molecule has 0 radical (unpaired) electrons. The minimum Gasteiger partial charge on any atom is -0.341 e. The minimum absolute atomic E-state index is 0.318. The van der Waals surface area contributed by atoms with Crippen molar-refractivity contribution in [1.82, 2.24) is 34.9 Å². The largest absolute Gasteiger partial charge is 0.341 e. The van der Waals surface area contributed by atoms with Gasteiger partial charge in [0.05, 0.1) is 6.20 Å². The maximum atomic E-state index is 4.76. The Morgan fingerprint density at radius 2 is 1.97 bits per heavy atom. The molecule has 1 aliphatic heterocycles. The van der Waals surface area contributed by atoms with Crippen LogP contribution in [0.15, 0.2) is 36.9 Å². The topological polar surface area (TPSA) is 97.5 Å². The molecule has 0 saturated carbocycles. The summed E-state index contributed by atoms with van der Waals surface area (Å²) in [6, 6.07) is 3.95. The Morgan fingerprint density at radius 1 is 1.09 bits per heavy atom. The highest BCUT2D eigenvalue weighted by atomic mass is 15.4. The van der Waals surface area contributed by atoms with E-state index in [-0.39, 0.29) is 0 Å². The summed E-state index contributed by atoms with van der Waals surface area (Å²) in [5.74, 6) is 3.21. The van der Waals surface area contributed by atoms with Gasteiger partial charge in [0.2, 0.25) is 5.95 Å². The summed E-state index contributed by atoms with van der Waals surface area (Å²) >= 11 is 0. The zero-order chi connectivity index (χ0) is 22.9. The molecule has 4 aromatic heterocycles. The maximum Gasteiger partial charge on any atom is 0.227 e. The third kappa shape index (κ3) is 4.35. The summed E-state index contributed by atoms with van der Waals surface area (Å²) in [6.07, 6.45) is 9.90. The molecule has 0 spiro atoms. The molecule has 0 amide bonds. The molecule has 9 nitrogen and oxygen atoms in total. The van der Waals surface area contributed by atoms with Gasteiger partial charge in [-0.05, 0) is 47.8 Å². The van der Waals surface area contributed by atoms with E-state index < -0.39 is 0 Å². The third-order valence-corrected chi connectivity index (χ3v) is 6.11. The molecule has 1 atom stereocenters. The molecule has 1 N–H and O–H groups in total. The highest BCUT2D eigenvalue weighted by Gasteiger charge is 2.19. The molecule has 5 heterocycles. The van der Waals surface area contributed by atoms with Gasteiger partial charge in [-0.2, -0.15) is 4.98 Å². The smallest absolute Gasteiger partial charge is 0.227 e. The average molecular weight is 444 g/mol. The zero-order valence-corrected chi connectivity index (χ0v) is 19.5. The van der Waals surface area contributed by atoms with Crippen molar-refractivity contribution >= 4 is 28.4 Å². The van der Waals surface area contributed by atoms with Crippen molar-refractivity contribution in [2.75, 3.05) is 23.3 Å². The Labute approximate surface area is 193 Å². The van der Waals surface area contributed by atoms with Crippen LogP contribution in [0.4, 0.5) is 17.6 Å². The Kier molecular flexibility index (Phi) is 5.62. The molecule has 1 fully saturated rings. The van der Waals surface area contributed by atoms with Gasteiger partial charge in [-0.15, -0.1) is 5.10 Å². The number of aryl methyl sites for hydroxylation is 1. The molecule has 0 aromatic carbocycles. The number of pyridine rings is 2. The van der Waals surface area contributed by atoms with Crippen LogP contribution in [0, 0.1) is 5.92 Å². The second kappa shape index (κ2) is 8.73. The van der Waals surface area contributed by atoms with Crippen molar-refractivity contribution in [3.05, 3.63) is 42.5 Å². The fourth-order valence-electron chi connectivity index (χ4n) is 4.42. The van der Waals surface area contributed by atoms with Crippen LogP contribution in [0.3, 0.4) is 0 Å². The molecule has 4 aromatic rings. The van der Waals surface area contributed by atoms with Crippen LogP contribution >= 0.6 is 0 Å². The van der Waals surface area contributed by atoms with Gasteiger partial charge in [0.1, 0.15) is 23.0 Å². The van der Waals surface area contributed by atoms with E-state index in [1.54, 1.807) is 10.9 Å². The van der Waals surface area contributed by atoms with E-state index in [1.165, 1.54) is 12.8 Å². The molecule has 5 rings (SSSR count). The molecule has 9 heteroatoms. The van der Waals surface area contributed by atoms with E-state index >= 15 is 0 Å². The molecule has 0 aliphatic carbocycles. The van der Waals surface area contributed by atoms with Crippen molar-refractivity contribution in [3.63, 3.8) is 0 Å². The number of rotatable bonds is 5. The van der Waals surface area contributed by atoms with E-state index in [0.29, 0.717) is 11.8 Å². The Morgan fingerprint density at radius 3 is 2.73 bits per heavy atom. The molecule has 1 saturated heterocycles. The number of hydrogen-bond acceptors (Lipinski definition) is 8. The SMILES string of the molecule is CC1CCCN(c2nccc(Nc3cc4c(C(C)C)cnc(-c5cn(C)nn5)c4cn3)n2)C1. The highest BCUT2D eigenvalue weighted by molar-refractivity contribution is 5.96. The van der Waals surface area contributed by atoms with Crippen LogP contribution in [-0.4, -0.2) is 48.0 Å². The summed E-state index contributed by atoms with van der Waals surface area (Å²) < 4.78 is 1.68. The molecular formula is C24H29N9. The lowest BCUT2D eigenvalue weighted by Crippen LogP contribution is -2.35. The lowest BCUT2D eigenvalue weighted by Gasteiger charge is -2.30. The van der Waals surface area contributed by atoms with E-state index in [4.69, 9.17) is 9.97 Å². The summed E-state index contributed by atoms with van der Waals surface area (Å²) in [4.78, 5) is 20.9. The second-order valence-corrected chi connectivity index (χ2v) is 9.17. The Balaban J connectivity index is 1.49. The van der Waals surface area contributed by atoms with Crippen molar-refractivity contribution < 1.29 is 0 Å². The maximum absolute atomic E-state index is 4.76. The molecule has 170 valence electrons. The van der Waals surface area contributed by atoms with Gasteiger partial charge in [0.15, 0.2) is 0 Å². The molecular weight excluding hydrogens is 414 g/mol. The van der Waals surface area contributed by atoms with Crippen LogP contribution in [0.25, 0.3) is 22.2 Å². The summed E-state index contributed by atoms with van der Waals surface area (Å²) in [7, 11) is 1.85. The van der Waals surface area contributed by atoms with E-state index in [1.807, 2.05) is 31.7 Å².